The molecule has 1 saturated heterocycles. The molecule has 2 aliphatic rings. The molecule has 0 spiro atoms. The average Bonchev–Trinajstić information content (AvgIpc) is 2.83. The summed E-state index contributed by atoms with van der Waals surface area (Å²) in [6, 6.07) is 0. The highest BCUT2D eigenvalue weighted by Gasteiger charge is 2.27. The predicted molar refractivity (Wildman–Crippen MR) is 58.9 cm³/mol. The van der Waals surface area contributed by atoms with Crippen molar-refractivity contribution in [2.45, 2.75) is 44.9 Å². The van der Waals surface area contributed by atoms with Gasteiger partial charge >= 0.3 is 12.1 Å². The third kappa shape index (κ3) is 2.74. The summed E-state index contributed by atoms with van der Waals surface area (Å²) in [5.74, 6) is -0.350. The molecular weight excluding hydrogens is 206 g/mol. The van der Waals surface area contributed by atoms with E-state index in [0.29, 0.717) is 0 Å². The quantitative estimate of drug-likeness (QED) is 0.508. The molecule has 90 valence electrons. The fraction of sp³-hybridized carbons (Fsp3) is 0.833. The Morgan fingerprint density at radius 3 is 2.19 bits per heavy atom. The zero-order valence-corrected chi connectivity index (χ0v) is 9.61. The van der Waals surface area contributed by atoms with Gasteiger partial charge in [0.2, 0.25) is 0 Å². The van der Waals surface area contributed by atoms with Crippen LogP contribution in [0.5, 0.6) is 0 Å². The van der Waals surface area contributed by atoms with E-state index < -0.39 is 6.09 Å². The van der Waals surface area contributed by atoms with Crippen molar-refractivity contribution in [2.24, 2.45) is 5.92 Å². The maximum Gasteiger partial charge on any atom is 0.417 e. The number of likely N-dealkylation sites (tertiary alicyclic amines) is 1. The fourth-order valence-corrected chi connectivity index (χ4v) is 2.47. The van der Waals surface area contributed by atoms with Gasteiger partial charge in [-0.3, -0.25) is 4.79 Å². The summed E-state index contributed by atoms with van der Waals surface area (Å²) < 4.78 is 4.92. The minimum Gasteiger partial charge on any atom is -0.376 e. The Morgan fingerprint density at radius 1 is 0.938 bits per heavy atom. The standard InChI is InChI=1S/C12H19NO3/c14-11(10-6-2-1-3-7-10)16-12(15)13-8-4-5-9-13/h10H,1-9H2. The third-order valence-corrected chi connectivity index (χ3v) is 3.49. The summed E-state index contributed by atoms with van der Waals surface area (Å²) in [7, 11) is 0. The van der Waals surface area contributed by atoms with Crippen LogP contribution in [-0.2, 0) is 9.53 Å². The van der Waals surface area contributed by atoms with Crippen molar-refractivity contribution in [2.75, 3.05) is 13.1 Å². The number of nitrogens with zero attached hydrogens (tertiary/aromatic N) is 1. The monoisotopic (exact) mass is 225 g/mol. The van der Waals surface area contributed by atoms with Crippen molar-refractivity contribution < 1.29 is 14.3 Å². The second kappa shape index (κ2) is 5.32. The number of rotatable bonds is 1. The number of carbonyl (C=O) groups excluding carboxylic acids is 2. The Bertz CT molecular complexity index is 265. The van der Waals surface area contributed by atoms with E-state index >= 15 is 0 Å². The maximum atomic E-state index is 11.7. The highest BCUT2D eigenvalue weighted by molar-refractivity contribution is 5.86. The van der Waals surface area contributed by atoms with E-state index in [1.54, 1.807) is 4.90 Å². The molecule has 4 heteroatoms. The van der Waals surface area contributed by atoms with E-state index in [2.05, 4.69) is 0 Å². The molecule has 2 rings (SSSR count). The van der Waals surface area contributed by atoms with Gasteiger partial charge in [-0.1, -0.05) is 19.3 Å². The number of amides is 1. The second-order valence-electron chi connectivity index (χ2n) is 4.72. The summed E-state index contributed by atoms with van der Waals surface area (Å²) in [6.07, 6.45) is 6.73. The first-order valence-electron chi connectivity index (χ1n) is 6.28. The van der Waals surface area contributed by atoms with E-state index in [4.69, 9.17) is 4.74 Å². The molecule has 0 bridgehead atoms. The maximum absolute atomic E-state index is 11.7. The van der Waals surface area contributed by atoms with Crippen LogP contribution in [0.4, 0.5) is 4.79 Å². The largest absolute Gasteiger partial charge is 0.417 e. The van der Waals surface area contributed by atoms with Crippen LogP contribution in [0.15, 0.2) is 0 Å². The molecule has 2 fully saturated rings. The Labute approximate surface area is 95.9 Å². The number of ether oxygens (including phenoxy) is 1. The predicted octanol–water partition coefficient (Wildman–Crippen LogP) is 2.33. The van der Waals surface area contributed by atoms with E-state index in [9.17, 15) is 9.59 Å². The van der Waals surface area contributed by atoms with E-state index in [-0.39, 0.29) is 11.9 Å². The molecule has 1 amide bonds. The van der Waals surface area contributed by atoms with Crippen molar-refractivity contribution >= 4 is 12.1 Å². The van der Waals surface area contributed by atoms with Crippen LogP contribution >= 0.6 is 0 Å². The summed E-state index contributed by atoms with van der Waals surface area (Å²) in [4.78, 5) is 24.9. The molecule has 0 unspecified atom stereocenters. The van der Waals surface area contributed by atoms with Gasteiger partial charge in [0.1, 0.15) is 0 Å². The Kier molecular flexibility index (Phi) is 3.80. The highest BCUT2D eigenvalue weighted by Crippen LogP contribution is 2.25. The molecule has 4 nitrogen and oxygen atoms in total. The molecule has 0 aromatic rings. The van der Waals surface area contributed by atoms with Crippen LogP contribution in [0, 0.1) is 5.92 Å². The summed E-state index contributed by atoms with van der Waals surface area (Å²) in [5.41, 5.74) is 0. The SMILES string of the molecule is O=C(OC(=O)N1CCCC1)C1CCCCC1. The second-order valence-corrected chi connectivity index (χ2v) is 4.72. The summed E-state index contributed by atoms with van der Waals surface area (Å²) in [6.45, 7) is 1.47. The molecular formula is C12H19NO3. The van der Waals surface area contributed by atoms with Gasteiger partial charge in [-0.2, -0.15) is 0 Å². The van der Waals surface area contributed by atoms with Crippen LogP contribution in [0.3, 0.4) is 0 Å². The number of hydrogen-bond donors (Lipinski definition) is 0. The van der Waals surface area contributed by atoms with Gasteiger partial charge in [0.15, 0.2) is 0 Å². The number of hydrogen-bond acceptors (Lipinski definition) is 3. The molecule has 0 aromatic heterocycles. The highest BCUT2D eigenvalue weighted by atomic mass is 16.6. The Balaban J connectivity index is 1.79. The van der Waals surface area contributed by atoms with Crippen LogP contribution in [0.25, 0.3) is 0 Å². The average molecular weight is 225 g/mol. The van der Waals surface area contributed by atoms with Gasteiger partial charge in [0, 0.05) is 13.1 Å². The number of esters is 1. The van der Waals surface area contributed by atoms with Crippen molar-refractivity contribution in [3.05, 3.63) is 0 Å². The normalized spacial score (nSPS) is 22.1. The first-order chi connectivity index (χ1) is 7.77. The van der Waals surface area contributed by atoms with Crippen LogP contribution in [0.2, 0.25) is 0 Å². The Hall–Kier alpha value is -1.06. The van der Waals surface area contributed by atoms with E-state index in [0.717, 1.165) is 51.6 Å². The third-order valence-electron chi connectivity index (χ3n) is 3.49. The smallest absolute Gasteiger partial charge is 0.376 e. The van der Waals surface area contributed by atoms with Gasteiger partial charge in [0.25, 0.3) is 0 Å². The topological polar surface area (TPSA) is 46.6 Å². The van der Waals surface area contributed by atoms with Crippen LogP contribution in [0.1, 0.15) is 44.9 Å². The molecule has 1 aliphatic heterocycles. The van der Waals surface area contributed by atoms with Gasteiger partial charge in [-0.05, 0) is 25.7 Å². The Morgan fingerprint density at radius 2 is 1.56 bits per heavy atom. The van der Waals surface area contributed by atoms with E-state index in [1.165, 1.54) is 6.42 Å². The van der Waals surface area contributed by atoms with Crippen molar-refractivity contribution in [3.8, 4) is 0 Å². The van der Waals surface area contributed by atoms with Crippen molar-refractivity contribution in [1.82, 2.24) is 4.90 Å². The molecule has 0 atom stereocenters. The number of carbonyl (C=O) groups is 2. The van der Waals surface area contributed by atoms with Crippen molar-refractivity contribution in [1.29, 1.82) is 0 Å². The molecule has 0 aromatic carbocycles. The lowest BCUT2D eigenvalue weighted by molar-refractivity contribution is -0.144. The van der Waals surface area contributed by atoms with Gasteiger partial charge in [-0.15, -0.1) is 0 Å². The van der Waals surface area contributed by atoms with Crippen LogP contribution < -0.4 is 0 Å². The molecule has 16 heavy (non-hydrogen) atoms. The summed E-state index contributed by atoms with van der Waals surface area (Å²) in [5, 5.41) is 0. The minimum atomic E-state index is -0.437. The molecule has 0 N–H and O–H groups in total. The fourth-order valence-electron chi connectivity index (χ4n) is 2.47. The van der Waals surface area contributed by atoms with Gasteiger partial charge < -0.3 is 9.64 Å². The first-order valence-corrected chi connectivity index (χ1v) is 6.28. The van der Waals surface area contributed by atoms with Crippen molar-refractivity contribution in [3.63, 3.8) is 0 Å². The lowest BCUT2D eigenvalue weighted by atomic mass is 9.89. The molecule has 1 aliphatic carbocycles. The zero-order valence-electron chi connectivity index (χ0n) is 9.61. The molecule has 0 radical (unpaired) electrons. The molecule has 1 heterocycles. The minimum absolute atomic E-state index is 0.0414. The summed E-state index contributed by atoms with van der Waals surface area (Å²) >= 11 is 0. The van der Waals surface area contributed by atoms with Gasteiger partial charge in [0.05, 0.1) is 5.92 Å². The lowest BCUT2D eigenvalue weighted by Gasteiger charge is -2.21. The molecule has 1 saturated carbocycles. The van der Waals surface area contributed by atoms with Gasteiger partial charge in [-0.25, -0.2) is 4.79 Å². The first kappa shape index (κ1) is 11.4. The zero-order chi connectivity index (χ0) is 11.4. The van der Waals surface area contributed by atoms with E-state index in [1.807, 2.05) is 0 Å². The lowest BCUT2D eigenvalue weighted by Crippen LogP contribution is -2.33. The van der Waals surface area contributed by atoms with Crippen LogP contribution in [-0.4, -0.2) is 30.1 Å².